The van der Waals surface area contributed by atoms with Crippen LogP contribution in [0.3, 0.4) is 0 Å². The first-order chi connectivity index (χ1) is 10.3. The van der Waals surface area contributed by atoms with Crippen molar-refractivity contribution in [3.8, 4) is 5.75 Å². The second kappa shape index (κ2) is 6.54. The Morgan fingerprint density at radius 1 is 1.29 bits per heavy atom. The van der Waals surface area contributed by atoms with E-state index in [1.165, 1.54) is 5.56 Å². The van der Waals surface area contributed by atoms with Gasteiger partial charge in [-0.1, -0.05) is 12.1 Å². The van der Waals surface area contributed by atoms with Crippen LogP contribution in [0.4, 0.5) is 5.95 Å². The highest BCUT2D eigenvalue weighted by atomic mass is 16.5. The molecule has 1 unspecified atom stereocenters. The van der Waals surface area contributed by atoms with Crippen molar-refractivity contribution in [2.75, 3.05) is 31.7 Å². The first-order valence-electron chi connectivity index (χ1n) is 7.11. The smallest absolute Gasteiger partial charge is 0.225 e. The van der Waals surface area contributed by atoms with Crippen molar-refractivity contribution in [3.05, 3.63) is 48.3 Å². The second-order valence-corrected chi connectivity index (χ2v) is 5.04. The largest absolute Gasteiger partial charge is 0.497 e. The fourth-order valence-corrected chi connectivity index (χ4v) is 2.54. The third kappa shape index (κ3) is 3.49. The van der Waals surface area contributed by atoms with Crippen LogP contribution in [-0.2, 0) is 11.2 Å². The monoisotopic (exact) mass is 285 g/mol. The van der Waals surface area contributed by atoms with Gasteiger partial charge in [0.25, 0.3) is 0 Å². The van der Waals surface area contributed by atoms with Crippen molar-refractivity contribution in [2.24, 2.45) is 0 Å². The third-order valence-corrected chi connectivity index (χ3v) is 3.57. The van der Waals surface area contributed by atoms with Gasteiger partial charge in [-0.25, -0.2) is 9.97 Å². The van der Waals surface area contributed by atoms with E-state index in [0.717, 1.165) is 31.2 Å². The van der Waals surface area contributed by atoms with E-state index >= 15 is 0 Å². The molecule has 3 rings (SSSR count). The highest BCUT2D eigenvalue weighted by molar-refractivity contribution is 5.31. The number of aromatic nitrogens is 2. The number of nitrogens with zero attached hydrogens (tertiary/aromatic N) is 3. The van der Waals surface area contributed by atoms with Crippen LogP contribution in [0.1, 0.15) is 5.56 Å². The normalized spacial score (nSPS) is 18.5. The van der Waals surface area contributed by atoms with Gasteiger partial charge in [0.2, 0.25) is 5.95 Å². The van der Waals surface area contributed by atoms with Gasteiger partial charge in [0.05, 0.1) is 19.8 Å². The Labute approximate surface area is 124 Å². The summed E-state index contributed by atoms with van der Waals surface area (Å²) >= 11 is 0. The Morgan fingerprint density at radius 2 is 2.14 bits per heavy atom. The van der Waals surface area contributed by atoms with Crippen LogP contribution >= 0.6 is 0 Å². The quantitative estimate of drug-likeness (QED) is 0.859. The van der Waals surface area contributed by atoms with E-state index in [-0.39, 0.29) is 6.10 Å². The average Bonchev–Trinajstić information content (AvgIpc) is 2.56. The molecular weight excluding hydrogens is 266 g/mol. The molecule has 110 valence electrons. The number of hydrogen-bond donors (Lipinski definition) is 0. The van der Waals surface area contributed by atoms with Gasteiger partial charge in [-0.3, -0.25) is 0 Å². The molecule has 1 aromatic carbocycles. The highest BCUT2D eigenvalue weighted by Gasteiger charge is 2.22. The lowest BCUT2D eigenvalue weighted by Crippen LogP contribution is -2.44. The average molecular weight is 285 g/mol. The molecule has 0 amide bonds. The molecule has 2 heterocycles. The van der Waals surface area contributed by atoms with E-state index in [9.17, 15) is 0 Å². The lowest BCUT2D eigenvalue weighted by Gasteiger charge is -2.33. The first kappa shape index (κ1) is 13.8. The summed E-state index contributed by atoms with van der Waals surface area (Å²) in [5.74, 6) is 1.66. The number of rotatable bonds is 4. The molecule has 0 N–H and O–H groups in total. The minimum atomic E-state index is 0.148. The van der Waals surface area contributed by atoms with Gasteiger partial charge >= 0.3 is 0 Å². The molecule has 0 saturated carbocycles. The molecular formula is C16H19N3O2. The van der Waals surface area contributed by atoms with Crippen LogP contribution in [-0.4, -0.2) is 42.9 Å². The summed E-state index contributed by atoms with van der Waals surface area (Å²) in [7, 11) is 1.69. The van der Waals surface area contributed by atoms with Crippen LogP contribution in [0, 0.1) is 0 Å². The first-order valence-corrected chi connectivity index (χ1v) is 7.11. The number of ether oxygens (including phenoxy) is 2. The molecule has 0 spiro atoms. The second-order valence-electron chi connectivity index (χ2n) is 5.04. The molecule has 5 nitrogen and oxygen atoms in total. The van der Waals surface area contributed by atoms with Crippen LogP contribution in [0.5, 0.6) is 5.75 Å². The SMILES string of the molecule is COc1cccc(CC2CN(c3ncccn3)CCO2)c1. The van der Waals surface area contributed by atoms with Gasteiger partial charge in [-0.05, 0) is 23.8 Å². The van der Waals surface area contributed by atoms with Gasteiger partial charge in [-0.2, -0.15) is 0 Å². The lowest BCUT2D eigenvalue weighted by atomic mass is 10.1. The van der Waals surface area contributed by atoms with Crippen molar-refractivity contribution >= 4 is 5.95 Å². The van der Waals surface area contributed by atoms with Gasteiger partial charge < -0.3 is 14.4 Å². The minimum Gasteiger partial charge on any atom is -0.497 e. The molecule has 1 aromatic heterocycles. The molecule has 1 aliphatic rings. The summed E-state index contributed by atoms with van der Waals surface area (Å²) in [4.78, 5) is 10.8. The number of benzene rings is 1. The van der Waals surface area contributed by atoms with Crippen LogP contribution < -0.4 is 9.64 Å². The highest BCUT2D eigenvalue weighted by Crippen LogP contribution is 2.18. The predicted octanol–water partition coefficient (Wildman–Crippen LogP) is 1.93. The van der Waals surface area contributed by atoms with E-state index in [0.29, 0.717) is 6.61 Å². The zero-order valence-electron chi connectivity index (χ0n) is 12.1. The van der Waals surface area contributed by atoms with Crippen molar-refractivity contribution in [2.45, 2.75) is 12.5 Å². The molecule has 1 aliphatic heterocycles. The summed E-state index contributed by atoms with van der Waals surface area (Å²) < 4.78 is 11.1. The molecule has 1 fully saturated rings. The number of methoxy groups -OCH3 is 1. The molecule has 2 aromatic rings. The number of morpholine rings is 1. The fraction of sp³-hybridized carbons (Fsp3) is 0.375. The molecule has 1 atom stereocenters. The van der Waals surface area contributed by atoms with E-state index in [2.05, 4.69) is 27.0 Å². The zero-order valence-corrected chi connectivity index (χ0v) is 12.1. The van der Waals surface area contributed by atoms with Gasteiger partial charge in [-0.15, -0.1) is 0 Å². The summed E-state index contributed by atoms with van der Waals surface area (Å²) in [6, 6.07) is 9.95. The van der Waals surface area contributed by atoms with Crippen molar-refractivity contribution in [1.29, 1.82) is 0 Å². The Morgan fingerprint density at radius 3 is 2.95 bits per heavy atom. The molecule has 0 radical (unpaired) electrons. The van der Waals surface area contributed by atoms with Crippen LogP contribution in [0.2, 0.25) is 0 Å². The van der Waals surface area contributed by atoms with E-state index in [1.807, 2.05) is 18.2 Å². The maximum Gasteiger partial charge on any atom is 0.225 e. The Balaban J connectivity index is 1.66. The van der Waals surface area contributed by atoms with Gasteiger partial charge in [0.15, 0.2) is 0 Å². The summed E-state index contributed by atoms with van der Waals surface area (Å²) in [5, 5.41) is 0. The maximum atomic E-state index is 5.87. The summed E-state index contributed by atoms with van der Waals surface area (Å²) in [6.07, 6.45) is 4.55. The molecule has 1 saturated heterocycles. The molecule has 0 aliphatic carbocycles. The standard InChI is InChI=1S/C16H19N3O2/c1-20-14-5-2-4-13(10-14)11-15-12-19(8-9-21-15)16-17-6-3-7-18-16/h2-7,10,15H,8-9,11-12H2,1H3. The van der Waals surface area contributed by atoms with E-state index in [4.69, 9.17) is 9.47 Å². The zero-order chi connectivity index (χ0) is 14.5. The molecule has 5 heteroatoms. The van der Waals surface area contributed by atoms with Crippen molar-refractivity contribution in [1.82, 2.24) is 9.97 Å². The maximum absolute atomic E-state index is 5.87. The topological polar surface area (TPSA) is 47.5 Å². The number of hydrogen-bond acceptors (Lipinski definition) is 5. The van der Waals surface area contributed by atoms with E-state index < -0.39 is 0 Å². The van der Waals surface area contributed by atoms with Gasteiger partial charge in [0.1, 0.15) is 5.75 Å². The Hall–Kier alpha value is -2.14. The predicted molar refractivity (Wildman–Crippen MR) is 80.7 cm³/mol. The third-order valence-electron chi connectivity index (χ3n) is 3.57. The minimum absolute atomic E-state index is 0.148. The Kier molecular flexibility index (Phi) is 4.31. The van der Waals surface area contributed by atoms with Gasteiger partial charge in [0, 0.05) is 31.9 Å². The molecule has 21 heavy (non-hydrogen) atoms. The van der Waals surface area contributed by atoms with Crippen LogP contribution in [0.25, 0.3) is 0 Å². The number of anilines is 1. The summed E-state index contributed by atoms with van der Waals surface area (Å²) in [5.41, 5.74) is 1.22. The Bertz CT molecular complexity index is 577. The van der Waals surface area contributed by atoms with Crippen molar-refractivity contribution in [3.63, 3.8) is 0 Å². The lowest BCUT2D eigenvalue weighted by molar-refractivity contribution is 0.0405. The fourth-order valence-electron chi connectivity index (χ4n) is 2.54. The van der Waals surface area contributed by atoms with E-state index in [1.54, 1.807) is 19.5 Å². The van der Waals surface area contributed by atoms with Crippen LogP contribution in [0.15, 0.2) is 42.7 Å². The molecule has 0 bridgehead atoms. The van der Waals surface area contributed by atoms with Crippen molar-refractivity contribution < 1.29 is 9.47 Å². The summed E-state index contributed by atoms with van der Waals surface area (Å²) in [6.45, 7) is 2.34.